The van der Waals surface area contributed by atoms with Gasteiger partial charge in [0.1, 0.15) is 6.26 Å². The second-order valence-electron chi connectivity index (χ2n) is 5.22. The van der Waals surface area contributed by atoms with Crippen molar-refractivity contribution in [3.05, 3.63) is 53.9 Å². The summed E-state index contributed by atoms with van der Waals surface area (Å²) in [5, 5.41) is 2.77. The van der Waals surface area contributed by atoms with E-state index in [1.54, 1.807) is 6.33 Å². The molecule has 7 heteroatoms. The van der Waals surface area contributed by atoms with Gasteiger partial charge in [-0.25, -0.2) is 4.98 Å². The lowest BCUT2D eigenvalue weighted by Crippen LogP contribution is -2.12. The van der Waals surface area contributed by atoms with Crippen molar-refractivity contribution in [3.8, 4) is 11.8 Å². The molecule has 24 heavy (non-hydrogen) atoms. The van der Waals surface area contributed by atoms with Gasteiger partial charge in [0.25, 0.3) is 5.91 Å². The summed E-state index contributed by atoms with van der Waals surface area (Å²) in [5.74, 6) is -0.355. The van der Waals surface area contributed by atoms with Crippen LogP contribution in [0.4, 0.5) is 5.69 Å². The number of oxazole rings is 1. The maximum absolute atomic E-state index is 12.1. The monoisotopic (exact) mass is 326 g/mol. The third kappa shape index (κ3) is 3.15. The molecule has 1 aromatic carbocycles. The molecule has 1 N–H and O–H groups in total. The number of imidazole rings is 1. The molecule has 3 aromatic rings. The Balaban J connectivity index is 1.71. The predicted octanol–water partition coefficient (Wildman–Crippen LogP) is 3.13. The van der Waals surface area contributed by atoms with E-state index in [0.29, 0.717) is 12.3 Å². The molecule has 2 aromatic heterocycles. The summed E-state index contributed by atoms with van der Waals surface area (Å²) in [6.07, 6.45) is 3.14. The molecule has 0 spiro atoms. The fourth-order valence-corrected chi connectivity index (χ4v) is 2.21. The average molecular weight is 326 g/mol. The molecule has 0 unspecified atom stereocenters. The van der Waals surface area contributed by atoms with E-state index in [1.165, 1.54) is 6.26 Å². The van der Waals surface area contributed by atoms with Gasteiger partial charge in [-0.05, 0) is 45.0 Å². The van der Waals surface area contributed by atoms with Gasteiger partial charge in [-0.15, -0.1) is 0 Å². The van der Waals surface area contributed by atoms with Crippen LogP contribution in [-0.4, -0.2) is 27.0 Å². The highest BCUT2D eigenvalue weighted by Gasteiger charge is 2.13. The van der Waals surface area contributed by atoms with Crippen LogP contribution in [0.15, 0.2) is 41.3 Å². The van der Waals surface area contributed by atoms with Crippen molar-refractivity contribution in [3.63, 3.8) is 0 Å². The number of carbonyl (C=O) groups is 1. The van der Waals surface area contributed by atoms with Gasteiger partial charge in [-0.1, -0.05) is 0 Å². The predicted molar refractivity (Wildman–Crippen MR) is 88.7 cm³/mol. The molecule has 0 aliphatic rings. The minimum Gasteiger partial charge on any atom is -0.450 e. The molecule has 2 heterocycles. The highest BCUT2D eigenvalue weighted by Crippen LogP contribution is 2.18. The number of anilines is 1. The molecule has 0 fully saturated rings. The van der Waals surface area contributed by atoms with Crippen LogP contribution in [0.25, 0.3) is 5.69 Å². The van der Waals surface area contributed by atoms with E-state index in [0.717, 1.165) is 17.1 Å². The maximum atomic E-state index is 12.1. The first-order valence-electron chi connectivity index (χ1n) is 7.59. The van der Waals surface area contributed by atoms with Crippen LogP contribution in [0.1, 0.15) is 28.8 Å². The molecule has 3 rings (SSSR count). The third-order valence-electron chi connectivity index (χ3n) is 3.64. The van der Waals surface area contributed by atoms with Gasteiger partial charge >= 0.3 is 6.08 Å². The number of nitrogens with zero attached hydrogens (tertiary/aromatic N) is 3. The highest BCUT2D eigenvalue weighted by molar-refractivity contribution is 6.02. The molecule has 0 atom stereocenters. The normalized spacial score (nSPS) is 10.6. The number of amides is 1. The molecule has 0 aliphatic carbocycles. The van der Waals surface area contributed by atoms with Crippen LogP contribution in [-0.2, 0) is 0 Å². The van der Waals surface area contributed by atoms with Gasteiger partial charge in [-0.2, -0.15) is 4.98 Å². The lowest BCUT2D eigenvalue weighted by atomic mass is 10.2. The van der Waals surface area contributed by atoms with Crippen molar-refractivity contribution in [2.45, 2.75) is 20.8 Å². The maximum Gasteiger partial charge on any atom is 0.394 e. The second kappa shape index (κ2) is 6.57. The number of carbonyl (C=O) groups excluding carboxylic acids is 1. The Morgan fingerprint density at radius 3 is 2.67 bits per heavy atom. The molecule has 124 valence electrons. The topological polar surface area (TPSA) is 82.2 Å². The van der Waals surface area contributed by atoms with Crippen LogP contribution in [0.5, 0.6) is 6.08 Å². The third-order valence-corrected chi connectivity index (χ3v) is 3.64. The van der Waals surface area contributed by atoms with E-state index in [9.17, 15) is 4.79 Å². The zero-order valence-corrected chi connectivity index (χ0v) is 13.7. The first kappa shape index (κ1) is 15.8. The standard InChI is InChI=1S/C17H18N4O3/c1-4-23-17-20-15(9-24-17)16(22)19-13-5-7-14(8-6-13)21-10-18-11(2)12(21)3/h5-10H,4H2,1-3H3,(H,19,22). The number of nitrogens with one attached hydrogen (secondary N) is 1. The van der Waals surface area contributed by atoms with Crippen molar-refractivity contribution < 1.29 is 13.9 Å². The molecule has 0 saturated carbocycles. The number of rotatable bonds is 5. The Kier molecular flexibility index (Phi) is 4.33. The first-order valence-corrected chi connectivity index (χ1v) is 7.59. The number of aryl methyl sites for hydroxylation is 1. The van der Waals surface area contributed by atoms with Gasteiger partial charge in [0.2, 0.25) is 0 Å². The quantitative estimate of drug-likeness (QED) is 0.779. The first-order chi connectivity index (χ1) is 11.6. The van der Waals surface area contributed by atoms with Gasteiger partial charge in [0.15, 0.2) is 5.69 Å². The van der Waals surface area contributed by atoms with Crippen LogP contribution in [0, 0.1) is 13.8 Å². The number of aromatic nitrogens is 3. The van der Waals surface area contributed by atoms with Crippen molar-refractivity contribution in [2.24, 2.45) is 0 Å². The molecular formula is C17H18N4O3. The minimum absolute atomic E-state index is 0.0870. The lowest BCUT2D eigenvalue weighted by molar-refractivity contribution is 0.102. The summed E-state index contributed by atoms with van der Waals surface area (Å²) in [4.78, 5) is 20.4. The number of benzene rings is 1. The zero-order chi connectivity index (χ0) is 17.1. The largest absolute Gasteiger partial charge is 0.450 e. The molecule has 0 saturated heterocycles. The molecule has 1 amide bonds. The van der Waals surface area contributed by atoms with Gasteiger partial charge in [0, 0.05) is 17.1 Å². The summed E-state index contributed by atoms with van der Waals surface area (Å²) in [5.41, 5.74) is 3.88. The van der Waals surface area contributed by atoms with E-state index >= 15 is 0 Å². The molecule has 0 bridgehead atoms. The smallest absolute Gasteiger partial charge is 0.394 e. The number of hydrogen-bond donors (Lipinski definition) is 1. The van der Waals surface area contributed by atoms with Crippen LogP contribution in [0.2, 0.25) is 0 Å². The highest BCUT2D eigenvalue weighted by atomic mass is 16.6. The van der Waals surface area contributed by atoms with E-state index in [4.69, 9.17) is 9.15 Å². The summed E-state index contributed by atoms with van der Waals surface area (Å²) >= 11 is 0. The molecule has 0 radical (unpaired) electrons. The average Bonchev–Trinajstić information content (AvgIpc) is 3.17. The van der Waals surface area contributed by atoms with Crippen LogP contribution < -0.4 is 10.1 Å². The van der Waals surface area contributed by atoms with Crippen molar-refractivity contribution >= 4 is 11.6 Å². The van der Waals surface area contributed by atoms with Crippen LogP contribution >= 0.6 is 0 Å². The Morgan fingerprint density at radius 1 is 1.29 bits per heavy atom. The van der Waals surface area contributed by atoms with Crippen molar-refractivity contribution in [1.82, 2.24) is 14.5 Å². The number of ether oxygens (including phenoxy) is 1. The Bertz CT molecular complexity index is 849. The lowest BCUT2D eigenvalue weighted by Gasteiger charge is -2.07. The van der Waals surface area contributed by atoms with Gasteiger partial charge < -0.3 is 19.0 Å². The Morgan fingerprint density at radius 2 is 2.04 bits per heavy atom. The van der Waals surface area contributed by atoms with E-state index in [2.05, 4.69) is 15.3 Å². The fourth-order valence-electron chi connectivity index (χ4n) is 2.21. The SMILES string of the molecule is CCOc1nc(C(=O)Nc2ccc(-n3cnc(C)c3C)cc2)co1. The summed E-state index contributed by atoms with van der Waals surface area (Å²) in [6.45, 7) is 6.22. The molecular weight excluding hydrogens is 308 g/mol. The zero-order valence-electron chi connectivity index (χ0n) is 13.7. The van der Waals surface area contributed by atoms with E-state index < -0.39 is 0 Å². The molecule has 7 nitrogen and oxygen atoms in total. The minimum atomic E-state index is -0.355. The molecule has 0 aliphatic heterocycles. The fraction of sp³-hybridized carbons (Fsp3) is 0.235. The summed E-state index contributed by atoms with van der Waals surface area (Å²) in [7, 11) is 0. The van der Waals surface area contributed by atoms with Gasteiger partial charge in [0.05, 0.1) is 18.6 Å². The van der Waals surface area contributed by atoms with Gasteiger partial charge in [-0.3, -0.25) is 4.79 Å². The summed E-state index contributed by atoms with van der Waals surface area (Å²) < 4.78 is 12.1. The number of hydrogen-bond acceptors (Lipinski definition) is 5. The van der Waals surface area contributed by atoms with Crippen molar-refractivity contribution in [2.75, 3.05) is 11.9 Å². The second-order valence-corrected chi connectivity index (χ2v) is 5.22. The Hall–Kier alpha value is -3.09. The van der Waals surface area contributed by atoms with Crippen molar-refractivity contribution in [1.29, 1.82) is 0 Å². The van der Waals surface area contributed by atoms with Crippen LogP contribution in [0.3, 0.4) is 0 Å². The summed E-state index contributed by atoms with van der Waals surface area (Å²) in [6, 6.07) is 7.48. The van der Waals surface area contributed by atoms with E-state index in [1.807, 2.05) is 49.6 Å². The Labute approximate surface area is 139 Å². The van der Waals surface area contributed by atoms with E-state index in [-0.39, 0.29) is 17.7 Å².